The Bertz CT molecular complexity index is 643. The van der Waals surface area contributed by atoms with Gasteiger partial charge in [0.2, 0.25) is 0 Å². The van der Waals surface area contributed by atoms with Crippen LogP contribution in [0.1, 0.15) is 0 Å². The average Bonchev–Trinajstić information content (AvgIpc) is 2.42. The standard InChI is InChI=1S/C8ClF17O.K.H2O3S/c9-5(18,19)3(14,15)1(10,11)2(12,13)4(16,17)7(23,24)27-8(25,26)6(20,21)22;;1-4(2)3/h;;(H2,1,2,3)/q;+1;/p-1. The molecular formula is C8HClF17KO4S. The van der Waals surface area contributed by atoms with Crippen LogP contribution in [0.2, 0.25) is 0 Å². The molecule has 0 aliphatic rings. The van der Waals surface area contributed by atoms with Crippen LogP contribution in [0, 0.1) is 0 Å². The van der Waals surface area contributed by atoms with Gasteiger partial charge in [0.1, 0.15) is 0 Å². The summed E-state index contributed by atoms with van der Waals surface area (Å²) in [6.07, 6.45) is -22.6. The number of hydrogen-bond donors (Lipinski definition) is 1. The summed E-state index contributed by atoms with van der Waals surface area (Å²) in [5.74, 6) is -32.6. The molecule has 1 atom stereocenters. The summed E-state index contributed by atoms with van der Waals surface area (Å²) in [4.78, 5) is 0. The van der Waals surface area contributed by atoms with E-state index in [1.807, 2.05) is 0 Å². The summed E-state index contributed by atoms with van der Waals surface area (Å²) in [5.41, 5.74) is 0. The number of halogens is 18. The molecule has 0 aromatic carbocycles. The second-order valence-corrected chi connectivity index (χ2v) is 5.55. The van der Waals surface area contributed by atoms with Crippen LogP contribution in [0.4, 0.5) is 74.6 Å². The van der Waals surface area contributed by atoms with Gasteiger partial charge in [0, 0.05) is 0 Å². The number of hydrogen-bond acceptors (Lipinski definition) is 3. The molecule has 0 aromatic heterocycles. The van der Waals surface area contributed by atoms with E-state index < -0.39 is 58.8 Å². The van der Waals surface area contributed by atoms with Crippen LogP contribution in [0.5, 0.6) is 0 Å². The third kappa shape index (κ3) is 7.38. The fourth-order valence-corrected chi connectivity index (χ4v) is 1.16. The molecule has 0 aliphatic heterocycles. The second-order valence-electron chi connectivity index (χ2n) is 4.65. The van der Waals surface area contributed by atoms with Gasteiger partial charge in [0.05, 0.1) is 11.4 Å². The Balaban J connectivity index is -0.00000154. The van der Waals surface area contributed by atoms with Gasteiger partial charge < -0.3 is 9.11 Å². The first-order valence-electron chi connectivity index (χ1n) is 5.83. The Hall–Kier alpha value is 0.766. The van der Waals surface area contributed by atoms with Crippen molar-refractivity contribution in [1.82, 2.24) is 0 Å². The van der Waals surface area contributed by atoms with E-state index in [9.17, 15) is 74.6 Å². The third-order valence-electron chi connectivity index (χ3n) is 2.49. The van der Waals surface area contributed by atoms with Crippen LogP contribution in [-0.4, -0.2) is 60.8 Å². The maximum atomic E-state index is 12.9. The Morgan fingerprint density at radius 3 is 1.09 bits per heavy atom. The summed E-state index contributed by atoms with van der Waals surface area (Å²) >= 11 is 0.456. The Kier molecular flexibility index (Phi) is 12.6. The van der Waals surface area contributed by atoms with Gasteiger partial charge >= 0.3 is 98.8 Å². The molecule has 0 aliphatic carbocycles. The van der Waals surface area contributed by atoms with Gasteiger partial charge in [-0.25, -0.2) is 8.95 Å². The Morgan fingerprint density at radius 2 is 0.875 bits per heavy atom. The van der Waals surface area contributed by atoms with Crippen LogP contribution in [0.3, 0.4) is 0 Å². The first-order valence-corrected chi connectivity index (χ1v) is 7.24. The molecule has 0 heterocycles. The van der Waals surface area contributed by atoms with Crippen LogP contribution in [-0.2, 0) is 16.1 Å². The maximum absolute atomic E-state index is 12.9. The molecule has 0 rings (SSSR count). The zero-order valence-corrected chi connectivity index (χ0v) is 18.6. The molecule has 32 heavy (non-hydrogen) atoms. The molecule has 0 aromatic rings. The normalized spacial score (nSPS) is 16.0. The summed E-state index contributed by atoms with van der Waals surface area (Å²) in [6, 6.07) is 0. The van der Waals surface area contributed by atoms with E-state index in [0.717, 1.165) is 4.74 Å². The summed E-state index contributed by atoms with van der Waals surface area (Å²) < 4.78 is 236. The van der Waals surface area contributed by atoms with E-state index in [4.69, 9.17) is 13.3 Å². The minimum atomic E-state index is -8.40. The monoisotopic (exact) mass is 590 g/mol. The van der Waals surface area contributed by atoms with Gasteiger partial charge in [0.15, 0.2) is 0 Å². The largest absolute Gasteiger partial charge is 1.00 e. The van der Waals surface area contributed by atoms with E-state index in [2.05, 4.69) is 11.6 Å². The average molecular weight is 591 g/mol. The van der Waals surface area contributed by atoms with Crippen LogP contribution in [0.15, 0.2) is 0 Å². The van der Waals surface area contributed by atoms with E-state index in [1.165, 1.54) is 0 Å². The first-order chi connectivity index (χ1) is 12.9. The van der Waals surface area contributed by atoms with Gasteiger partial charge in [-0.1, -0.05) is 0 Å². The molecule has 190 valence electrons. The molecule has 0 fully saturated rings. The molecule has 24 heteroatoms. The van der Waals surface area contributed by atoms with Crippen molar-refractivity contribution in [3.63, 3.8) is 0 Å². The fourth-order valence-electron chi connectivity index (χ4n) is 1.04. The maximum Gasteiger partial charge on any atom is 1.00 e. The molecule has 1 N–H and O–H groups in total. The molecule has 4 nitrogen and oxygen atoms in total. The molecule has 1 unspecified atom stereocenters. The number of alkyl halides is 18. The van der Waals surface area contributed by atoms with E-state index in [0.29, 0.717) is 0 Å². The van der Waals surface area contributed by atoms with Crippen LogP contribution < -0.4 is 51.4 Å². The van der Waals surface area contributed by atoms with Crippen molar-refractivity contribution in [2.45, 2.75) is 47.5 Å². The topological polar surface area (TPSA) is 69.6 Å². The quantitative estimate of drug-likeness (QED) is 0.214. The first kappa shape index (κ1) is 37.3. The number of ether oxygens (including phenoxy) is 1. The number of rotatable bonds is 7. The van der Waals surface area contributed by atoms with Crippen molar-refractivity contribution < 1.29 is 144 Å². The van der Waals surface area contributed by atoms with Crippen molar-refractivity contribution in [1.29, 1.82) is 0 Å². The molecule has 0 saturated heterocycles. The fraction of sp³-hybridized carbons (Fsp3) is 1.00. The summed E-state index contributed by atoms with van der Waals surface area (Å²) in [7, 11) is 0. The molecule has 0 saturated carbocycles. The zero-order chi connectivity index (χ0) is 26.3. The van der Waals surface area contributed by atoms with Crippen LogP contribution >= 0.6 is 11.6 Å². The zero-order valence-electron chi connectivity index (χ0n) is 13.9. The van der Waals surface area contributed by atoms with Crippen molar-refractivity contribution >= 4 is 23.0 Å². The second kappa shape index (κ2) is 10.8. The molecular weight excluding hydrogens is 590 g/mol. The van der Waals surface area contributed by atoms with Crippen molar-refractivity contribution in [3.05, 3.63) is 0 Å². The SMILES string of the molecule is FC(F)(F)C(F)(F)OC(F)(F)C(F)(F)C(F)(F)C(F)(F)C(F)(F)C(F)(F)Cl.O=S([O-])O.[K+]. The van der Waals surface area contributed by atoms with Gasteiger partial charge in [-0.3, -0.25) is 0 Å². The van der Waals surface area contributed by atoms with Crippen LogP contribution in [0.25, 0.3) is 0 Å². The predicted octanol–water partition coefficient (Wildman–Crippen LogP) is 2.47. The Labute approximate surface area is 213 Å². The summed E-state index contributed by atoms with van der Waals surface area (Å²) in [5, 5.41) is -6.79. The molecule has 0 bridgehead atoms. The van der Waals surface area contributed by atoms with Gasteiger partial charge in [0.25, 0.3) is 0 Å². The minimum absolute atomic E-state index is 0. The van der Waals surface area contributed by atoms with Gasteiger partial charge in [-0.15, -0.1) is 0 Å². The van der Waals surface area contributed by atoms with E-state index >= 15 is 0 Å². The van der Waals surface area contributed by atoms with Crippen molar-refractivity contribution in [3.8, 4) is 0 Å². The van der Waals surface area contributed by atoms with E-state index in [1.54, 1.807) is 0 Å². The molecule has 0 amide bonds. The predicted molar refractivity (Wildman–Crippen MR) is 59.2 cm³/mol. The van der Waals surface area contributed by atoms with Gasteiger partial charge in [-0.2, -0.15) is 74.6 Å². The van der Waals surface area contributed by atoms with Gasteiger partial charge in [-0.05, 0) is 11.6 Å². The van der Waals surface area contributed by atoms with E-state index in [-0.39, 0.29) is 51.4 Å². The minimum Gasteiger partial charge on any atom is -0.750 e. The smallest absolute Gasteiger partial charge is 0.750 e. The van der Waals surface area contributed by atoms with Crippen molar-refractivity contribution in [2.24, 2.45) is 0 Å². The Morgan fingerprint density at radius 1 is 0.625 bits per heavy atom. The third-order valence-corrected chi connectivity index (χ3v) is 2.73. The molecule has 0 radical (unpaired) electrons. The van der Waals surface area contributed by atoms with Crippen molar-refractivity contribution in [2.75, 3.05) is 0 Å². The molecule has 0 spiro atoms. The summed E-state index contributed by atoms with van der Waals surface area (Å²) in [6.45, 7) is 0.